The first-order valence-electron chi connectivity index (χ1n) is 7.55. The van der Waals surface area contributed by atoms with Gasteiger partial charge >= 0.3 is 0 Å². The van der Waals surface area contributed by atoms with Crippen molar-refractivity contribution in [1.29, 1.82) is 0 Å². The number of amides is 1. The number of hydrogen-bond acceptors (Lipinski definition) is 3. The normalized spacial score (nSPS) is 11.9. The van der Waals surface area contributed by atoms with Gasteiger partial charge in [0, 0.05) is 18.8 Å². The van der Waals surface area contributed by atoms with Crippen molar-refractivity contribution >= 4 is 5.91 Å². The molecule has 0 saturated heterocycles. The van der Waals surface area contributed by atoms with E-state index in [1.807, 2.05) is 44.2 Å². The number of nitrogens with zero attached hydrogens (tertiary/aromatic N) is 1. The van der Waals surface area contributed by atoms with E-state index in [9.17, 15) is 4.79 Å². The first-order valence-corrected chi connectivity index (χ1v) is 7.55. The second-order valence-electron chi connectivity index (χ2n) is 5.20. The average Bonchev–Trinajstić information content (AvgIpc) is 2.55. The molecule has 0 aliphatic heterocycles. The molecule has 0 spiro atoms. The number of rotatable bonds is 7. The molecule has 1 aromatic heterocycles. The zero-order chi connectivity index (χ0) is 15.8. The van der Waals surface area contributed by atoms with Crippen LogP contribution in [0.2, 0.25) is 0 Å². The number of aromatic nitrogens is 1. The third kappa shape index (κ3) is 4.97. The molecule has 1 amide bonds. The van der Waals surface area contributed by atoms with Crippen LogP contribution in [0.15, 0.2) is 48.5 Å². The lowest BCUT2D eigenvalue weighted by molar-refractivity contribution is 0.0634. The predicted octanol–water partition coefficient (Wildman–Crippen LogP) is 3.29. The van der Waals surface area contributed by atoms with Crippen LogP contribution in [-0.4, -0.2) is 24.0 Å². The molecule has 116 valence electrons. The number of ether oxygens (including phenoxy) is 1. The maximum absolute atomic E-state index is 11.9. The van der Waals surface area contributed by atoms with E-state index in [1.54, 1.807) is 6.07 Å². The molecule has 1 N–H and O–H groups in total. The first-order chi connectivity index (χ1) is 10.7. The summed E-state index contributed by atoms with van der Waals surface area (Å²) in [6, 6.07) is 15.5. The molecule has 2 aromatic rings. The van der Waals surface area contributed by atoms with E-state index in [0.717, 1.165) is 17.7 Å². The van der Waals surface area contributed by atoms with Crippen LogP contribution in [0.3, 0.4) is 0 Å². The maximum Gasteiger partial charge on any atom is 0.269 e. The molecule has 0 radical (unpaired) electrons. The van der Waals surface area contributed by atoms with Gasteiger partial charge in [-0.1, -0.05) is 36.4 Å². The van der Waals surface area contributed by atoms with Crippen LogP contribution in [0.25, 0.3) is 0 Å². The lowest BCUT2D eigenvalue weighted by Crippen LogP contribution is -2.26. The van der Waals surface area contributed by atoms with E-state index in [4.69, 9.17) is 4.74 Å². The molecule has 1 heterocycles. The Morgan fingerprint density at radius 2 is 1.95 bits per heavy atom. The van der Waals surface area contributed by atoms with Gasteiger partial charge in [-0.25, -0.2) is 4.98 Å². The van der Waals surface area contributed by atoms with Crippen molar-refractivity contribution in [2.24, 2.45) is 0 Å². The molecule has 0 saturated carbocycles. The Bertz CT molecular complexity index is 599. The summed E-state index contributed by atoms with van der Waals surface area (Å²) in [5, 5.41) is 2.86. The number of carbonyl (C=O) groups excluding carboxylic acids is 1. The second kappa shape index (κ2) is 8.29. The van der Waals surface area contributed by atoms with Crippen molar-refractivity contribution in [2.75, 3.05) is 13.2 Å². The third-order valence-corrected chi connectivity index (χ3v) is 3.36. The monoisotopic (exact) mass is 298 g/mol. The van der Waals surface area contributed by atoms with E-state index in [2.05, 4.69) is 22.4 Å². The van der Waals surface area contributed by atoms with Crippen molar-refractivity contribution in [1.82, 2.24) is 10.3 Å². The van der Waals surface area contributed by atoms with Crippen LogP contribution in [0.5, 0.6) is 0 Å². The van der Waals surface area contributed by atoms with Crippen molar-refractivity contribution in [3.05, 3.63) is 65.5 Å². The van der Waals surface area contributed by atoms with Crippen molar-refractivity contribution in [3.8, 4) is 0 Å². The van der Waals surface area contributed by atoms with Gasteiger partial charge in [0.15, 0.2) is 0 Å². The quantitative estimate of drug-likeness (QED) is 0.798. The van der Waals surface area contributed by atoms with Gasteiger partial charge in [0.1, 0.15) is 5.69 Å². The summed E-state index contributed by atoms with van der Waals surface area (Å²) in [7, 11) is 0. The average molecular weight is 298 g/mol. The molecule has 1 atom stereocenters. The fourth-order valence-electron chi connectivity index (χ4n) is 2.11. The van der Waals surface area contributed by atoms with E-state index in [-0.39, 0.29) is 12.0 Å². The van der Waals surface area contributed by atoms with Gasteiger partial charge in [0.2, 0.25) is 0 Å². The van der Waals surface area contributed by atoms with E-state index >= 15 is 0 Å². The number of benzene rings is 1. The first kappa shape index (κ1) is 16.2. The summed E-state index contributed by atoms with van der Waals surface area (Å²) in [4.78, 5) is 16.1. The molecule has 1 aromatic carbocycles. The number of pyridine rings is 1. The van der Waals surface area contributed by atoms with Gasteiger partial charge < -0.3 is 10.1 Å². The highest BCUT2D eigenvalue weighted by Crippen LogP contribution is 2.15. The molecular formula is C18H22N2O2. The Hall–Kier alpha value is -2.20. The Kier molecular flexibility index (Phi) is 6.10. The highest BCUT2D eigenvalue weighted by molar-refractivity contribution is 5.92. The van der Waals surface area contributed by atoms with Gasteiger partial charge in [-0.05, 0) is 38.0 Å². The summed E-state index contributed by atoms with van der Waals surface area (Å²) in [5.74, 6) is -0.139. The van der Waals surface area contributed by atoms with E-state index < -0.39 is 0 Å². The SMILES string of the molecule is Cc1cccc(C(=O)NCCCOC(C)c2ccccc2)n1. The second-order valence-corrected chi connectivity index (χ2v) is 5.20. The summed E-state index contributed by atoms with van der Waals surface area (Å²) in [6.45, 7) is 5.09. The Labute approximate surface area is 131 Å². The molecule has 2 rings (SSSR count). The zero-order valence-electron chi connectivity index (χ0n) is 13.1. The molecule has 4 nitrogen and oxygen atoms in total. The standard InChI is InChI=1S/C18H22N2O2/c1-14-8-6-11-17(20-14)18(21)19-12-7-13-22-15(2)16-9-4-3-5-10-16/h3-6,8-11,15H,7,12-13H2,1-2H3,(H,19,21). The van der Waals surface area contributed by atoms with Crippen molar-refractivity contribution in [3.63, 3.8) is 0 Å². The van der Waals surface area contributed by atoms with Crippen LogP contribution >= 0.6 is 0 Å². The van der Waals surface area contributed by atoms with Crippen molar-refractivity contribution in [2.45, 2.75) is 26.4 Å². The topological polar surface area (TPSA) is 51.2 Å². The molecule has 0 aliphatic carbocycles. The highest BCUT2D eigenvalue weighted by atomic mass is 16.5. The molecule has 0 aliphatic rings. The fraction of sp³-hybridized carbons (Fsp3) is 0.333. The van der Waals surface area contributed by atoms with Crippen LogP contribution < -0.4 is 5.32 Å². The number of aryl methyl sites for hydroxylation is 1. The summed E-state index contributed by atoms with van der Waals surface area (Å²) in [6.07, 6.45) is 0.838. The van der Waals surface area contributed by atoms with Crippen LogP contribution in [-0.2, 0) is 4.74 Å². The number of hydrogen-bond donors (Lipinski definition) is 1. The molecule has 1 unspecified atom stereocenters. The van der Waals surface area contributed by atoms with E-state index in [0.29, 0.717) is 18.8 Å². The Morgan fingerprint density at radius 3 is 2.68 bits per heavy atom. The molecule has 4 heteroatoms. The molecular weight excluding hydrogens is 276 g/mol. The van der Waals surface area contributed by atoms with E-state index in [1.165, 1.54) is 0 Å². The number of carbonyl (C=O) groups is 1. The van der Waals surface area contributed by atoms with Crippen LogP contribution in [0, 0.1) is 6.92 Å². The molecule has 0 bridgehead atoms. The summed E-state index contributed by atoms with van der Waals surface area (Å²) in [5.41, 5.74) is 2.46. The third-order valence-electron chi connectivity index (χ3n) is 3.36. The van der Waals surface area contributed by atoms with Gasteiger partial charge in [0.05, 0.1) is 6.10 Å². The minimum atomic E-state index is -0.139. The Morgan fingerprint density at radius 1 is 1.18 bits per heavy atom. The number of nitrogens with one attached hydrogen (secondary N) is 1. The largest absolute Gasteiger partial charge is 0.374 e. The minimum absolute atomic E-state index is 0.0651. The van der Waals surface area contributed by atoms with Crippen LogP contribution in [0.1, 0.15) is 41.2 Å². The minimum Gasteiger partial charge on any atom is -0.374 e. The molecule has 0 fully saturated rings. The highest BCUT2D eigenvalue weighted by Gasteiger charge is 2.07. The molecule has 22 heavy (non-hydrogen) atoms. The lowest BCUT2D eigenvalue weighted by Gasteiger charge is -2.13. The summed E-state index contributed by atoms with van der Waals surface area (Å²) >= 11 is 0. The summed E-state index contributed by atoms with van der Waals surface area (Å²) < 4.78 is 5.77. The maximum atomic E-state index is 11.9. The van der Waals surface area contributed by atoms with Gasteiger partial charge in [-0.3, -0.25) is 4.79 Å². The zero-order valence-corrected chi connectivity index (χ0v) is 13.1. The lowest BCUT2D eigenvalue weighted by atomic mass is 10.1. The van der Waals surface area contributed by atoms with Crippen LogP contribution in [0.4, 0.5) is 0 Å². The van der Waals surface area contributed by atoms with Gasteiger partial charge in [-0.15, -0.1) is 0 Å². The predicted molar refractivity (Wildman–Crippen MR) is 86.7 cm³/mol. The van der Waals surface area contributed by atoms with Gasteiger partial charge in [0.25, 0.3) is 5.91 Å². The fourth-order valence-corrected chi connectivity index (χ4v) is 2.11. The van der Waals surface area contributed by atoms with Gasteiger partial charge in [-0.2, -0.15) is 0 Å². The smallest absolute Gasteiger partial charge is 0.269 e. The van der Waals surface area contributed by atoms with Crippen molar-refractivity contribution < 1.29 is 9.53 Å². The Balaban J connectivity index is 1.66.